The topological polar surface area (TPSA) is 57.4 Å². The van der Waals surface area contributed by atoms with Gasteiger partial charge in [0.1, 0.15) is 12.7 Å². The Kier molecular flexibility index (Phi) is 5.94. The van der Waals surface area contributed by atoms with Crippen molar-refractivity contribution in [2.75, 3.05) is 39.8 Å². The number of aromatic nitrogens is 3. The Morgan fingerprint density at radius 1 is 1.40 bits per heavy atom. The van der Waals surface area contributed by atoms with E-state index in [-0.39, 0.29) is 6.10 Å². The van der Waals surface area contributed by atoms with Crippen molar-refractivity contribution in [2.24, 2.45) is 5.92 Å². The van der Waals surface area contributed by atoms with Crippen LogP contribution >= 0.6 is 0 Å². The minimum atomic E-state index is -0.211. The fourth-order valence-corrected chi connectivity index (χ4v) is 2.88. The number of hydrogen-bond acceptors (Lipinski definition) is 5. The van der Waals surface area contributed by atoms with E-state index in [9.17, 15) is 5.11 Å². The molecule has 0 aromatic carbocycles. The summed E-state index contributed by atoms with van der Waals surface area (Å²) in [6, 6.07) is 0. The van der Waals surface area contributed by atoms with Crippen molar-refractivity contribution in [3.63, 3.8) is 0 Å². The minimum Gasteiger partial charge on any atom is -0.392 e. The van der Waals surface area contributed by atoms with Gasteiger partial charge in [-0.3, -0.25) is 4.68 Å². The molecule has 6 nitrogen and oxygen atoms in total. The van der Waals surface area contributed by atoms with Crippen molar-refractivity contribution in [3.05, 3.63) is 12.7 Å². The molecule has 6 heteroatoms. The van der Waals surface area contributed by atoms with Crippen LogP contribution in [0.15, 0.2) is 12.7 Å². The summed E-state index contributed by atoms with van der Waals surface area (Å²) in [5, 5.41) is 13.5. The Labute approximate surface area is 121 Å². The van der Waals surface area contributed by atoms with Crippen LogP contribution in [0.5, 0.6) is 0 Å². The van der Waals surface area contributed by atoms with Crippen molar-refractivity contribution < 1.29 is 5.11 Å². The van der Waals surface area contributed by atoms with Gasteiger partial charge in [-0.15, -0.1) is 0 Å². The van der Waals surface area contributed by atoms with Crippen LogP contribution in [-0.2, 0) is 6.54 Å². The van der Waals surface area contributed by atoms with Crippen LogP contribution in [0, 0.1) is 5.92 Å². The lowest BCUT2D eigenvalue weighted by Crippen LogP contribution is -2.41. The van der Waals surface area contributed by atoms with Gasteiger partial charge in [-0.05, 0) is 45.8 Å². The monoisotopic (exact) mass is 281 g/mol. The molecule has 1 fully saturated rings. The second-order valence-corrected chi connectivity index (χ2v) is 6.01. The van der Waals surface area contributed by atoms with Crippen LogP contribution in [0.1, 0.15) is 19.8 Å². The highest BCUT2D eigenvalue weighted by Crippen LogP contribution is 2.18. The molecule has 0 spiro atoms. The molecule has 0 aliphatic carbocycles. The first-order chi connectivity index (χ1) is 9.63. The van der Waals surface area contributed by atoms with E-state index in [1.54, 1.807) is 12.7 Å². The van der Waals surface area contributed by atoms with E-state index in [0.717, 1.165) is 45.2 Å². The van der Waals surface area contributed by atoms with Crippen LogP contribution < -0.4 is 0 Å². The molecule has 0 amide bonds. The molecule has 2 rings (SSSR count). The molecular formula is C14H27N5O. The fraction of sp³-hybridized carbons (Fsp3) is 0.857. The summed E-state index contributed by atoms with van der Waals surface area (Å²) in [4.78, 5) is 8.71. The van der Waals surface area contributed by atoms with Gasteiger partial charge in [0.2, 0.25) is 0 Å². The highest BCUT2D eigenvalue weighted by Gasteiger charge is 2.20. The molecule has 114 valence electrons. The lowest BCUT2D eigenvalue weighted by molar-refractivity contribution is 0.0921. The Hall–Kier alpha value is -0.980. The largest absolute Gasteiger partial charge is 0.392 e. The summed E-state index contributed by atoms with van der Waals surface area (Å²) in [5.41, 5.74) is 0. The predicted molar refractivity (Wildman–Crippen MR) is 78.4 cm³/mol. The number of aliphatic hydroxyl groups is 1. The van der Waals surface area contributed by atoms with Crippen LogP contribution in [0.25, 0.3) is 0 Å². The first kappa shape index (κ1) is 15.4. The van der Waals surface area contributed by atoms with E-state index in [1.807, 2.05) is 11.6 Å². The quantitative estimate of drug-likeness (QED) is 0.779. The lowest BCUT2D eigenvalue weighted by Gasteiger charge is -2.34. The predicted octanol–water partition coefficient (Wildman–Crippen LogP) is 0.303. The number of rotatable bonds is 7. The summed E-state index contributed by atoms with van der Waals surface area (Å²) in [6.45, 7) is 7.98. The van der Waals surface area contributed by atoms with E-state index in [0.29, 0.717) is 0 Å². The van der Waals surface area contributed by atoms with Gasteiger partial charge in [0.05, 0.1) is 12.6 Å². The molecular weight excluding hydrogens is 254 g/mol. The van der Waals surface area contributed by atoms with Crippen molar-refractivity contribution in [3.8, 4) is 0 Å². The van der Waals surface area contributed by atoms with Crippen LogP contribution in [0.4, 0.5) is 0 Å². The number of β-amino-alcohol motifs (C(OH)–C–C–N with tert-alkyl or cyclic N) is 1. The maximum Gasteiger partial charge on any atom is 0.137 e. The normalized spacial score (nSPS) is 19.6. The molecule has 1 aromatic heterocycles. The Bertz CT molecular complexity index is 360. The molecule has 1 atom stereocenters. The second-order valence-electron chi connectivity index (χ2n) is 6.01. The van der Waals surface area contributed by atoms with Crippen molar-refractivity contribution >= 4 is 0 Å². The summed E-state index contributed by atoms with van der Waals surface area (Å²) in [5.74, 6) is 0.779. The van der Waals surface area contributed by atoms with Crippen molar-refractivity contribution in [1.82, 2.24) is 24.6 Å². The van der Waals surface area contributed by atoms with Gasteiger partial charge in [0, 0.05) is 19.6 Å². The maximum absolute atomic E-state index is 9.41. The van der Waals surface area contributed by atoms with Crippen molar-refractivity contribution in [2.45, 2.75) is 32.4 Å². The first-order valence-electron chi connectivity index (χ1n) is 7.55. The zero-order valence-electron chi connectivity index (χ0n) is 12.6. The van der Waals surface area contributed by atoms with E-state index >= 15 is 0 Å². The Balaban J connectivity index is 1.62. The summed E-state index contributed by atoms with van der Waals surface area (Å²) in [7, 11) is 2.18. The molecule has 20 heavy (non-hydrogen) atoms. The molecule has 0 bridgehead atoms. The van der Waals surface area contributed by atoms with E-state index < -0.39 is 0 Å². The van der Waals surface area contributed by atoms with Gasteiger partial charge >= 0.3 is 0 Å². The smallest absolute Gasteiger partial charge is 0.137 e. The number of likely N-dealkylation sites (N-methyl/N-ethyl adjacent to an activating group) is 1. The number of hydrogen-bond donors (Lipinski definition) is 1. The molecule has 0 radical (unpaired) electrons. The molecule has 1 unspecified atom stereocenters. The Morgan fingerprint density at radius 3 is 2.75 bits per heavy atom. The molecule has 1 aromatic rings. The van der Waals surface area contributed by atoms with Gasteiger partial charge in [-0.2, -0.15) is 5.10 Å². The van der Waals surface area contributed by atoms with Crippen LogP contribution in [0.3, 0.4) is 0 Å². The fourth-order valence-electron chi connectivity index (χ4n) is 2.88. The molecule has 1 saturated heterocycles. The number of piperidine rings is 1. The summed E-state index contributed by atoms with van der Waals surface area (Å²) in [6.07, 6.45) is 5.61. The summed E-state index contributed by atoms with van der Waals surface area (Å²) >= 11 is 0. The first-order valence-corrected chi connectivity index (χ1v) is 7.55. The zero-order chi connectivity index (χ0) is 14.4. The van der Waals surface area contributed by atoms with Crippen LogP contribution in [-0.4, -0.2) is 75.5 Å². The van der Waals surface area contributed by atoms with E-state index in [2.05, 4.69) is 26.9 Å². The molecule has 1 aliphatic heterocycles. The summed E-state index contributed by atoms with van der Waals surface area (Å²) < 4.78 is 1.88. The third kappa shape index (κ3) is 5.19. The highest BCUT2D eigenvalue weighted by molar-refractivity contribution is 4.75. The number of aliphatic hydroxyl groups excluding tert-OH is 1. The van der Waals surface area contributed by atoms with Gasteiger partial charge in [-0.1, -0.05) is 0 Å². The lowest BCUT2D eigenvalue weighted by atomic mass is 9.96. The Morgan fingerprint density at radius 2 is 2.15 bits per heavy atom. The average molecular weight is 281 g/mol. The minimum absolute atomic E-state index is 0.211. The van der Waals surface area contributed by atoms with E-state index in [4.69, 9.17) is 0 Å². The molecule has 1 N–H and O–H groups in total. The molecule has 1 aliphatic rings. The van der Waals surface area contributed by atoms with Gasteiger partial charge in [-0.25, -0.2) is 4.98 Å². The number of likely N-dealkylation sites (tertiary alicyclic amines) is 1. The van der Waals surface area contributed by atoms with Gasteiger partial charge in [0.15, 0.2) is 0 Å². The zero-order valence-corrected chi connectivity index (χ0v) is 12.6. The standard InChI is InChI=1S/C14H27N5O/c1-13(20)9-18-5-3-14(4-6-18)10-17(2)7-8-19-12-15-11-16-19/h11-14,20H,3-10H2,1-2H3. The van der Waals surface area contributed by atoms with Gasteiger partial charge < -0.3 is 14.9 Å². The molecule has 0 saturated carbocycles. The third-order valence-corrected chi connectivity index (χ3v) is 3.98. The number of nitrogens with zero attached hydrogens (tertiary/aromatic N) is 5. The average Bonchev–Trinajstić information content (AvgIpc) is 2.91. The SMILES string of the molecule is CC(O)CN1CCC(CN(C)CCn2cncn2)CC1. The second kappa shape index (κ2) is 7.71. The molecule has 2 heterocycles. The van der Waals surface area contributed by atoms with E-state index in [1.165, 1.54) is 12.8 Å². The maximum atomic E-state index is 9.41. The third-order valence-electron chi connectivity index (χ3n) is 3.98. The van der Waals surface area contributed by atoms with Crippen LogP contribution in [0.2, 0.25) is 0 Å². The van der Waals surface area contributed by atoms with Crippen molar-refractivity contribution in [1.29, 1.82) is 0 Å². The van der Waals surface area contributed by atoms with Gasteiger partial charge in [0.25, 0.3) is 0 Å². The highest BCUT2D eigenvalue weighted by atomic mass is 16.3.